The zero-order valence-electron chi connectivity index (χ0n) is 15.7. The van der Waals surface area contributed by atoms with Crippen molar-refractivity contribution in [3.63, 3.8) is 0 Å². The molecule has 8 nitrogen and oxygen atoms in total. The van der Waals surface area contributed by atoms with Gasteiger partial charge in [0.05, 0.1) is 11.9 Å². The molecule has 1 atom stereocenters. The number of carbonyl (C=O) groups is 1. The van der Waals surface area contributed by atoms with Gasteiger partial charge in [0.2, 0.25) is 5.88 Å². The van der Waals surface area contributed by atoms with Crippen LogP contribution < -0.4 is 15.1 Å². The summed E-state index contributed by atoms with van der Waals surface area (Å²) in [5, 5.41) is 8.60. The molecule has 0 spiro atoms. The van der Waals surface area contributed by atoms with Crippen LogP contribution in [-0.4, -0.2) is 54.3 Å². The molecule has 0 radical (unpaired) electrons. The van der Waals surface area contributed by atoms with Crippen molar-refractivity contribution >= 4 is 22.7 Å². The Balaban J connectivity index is 1.45. The van der Waals surface area contributed by atoms with E-state index in [-0.39, 0.29) is 23.2 Å². The second-order valence-electron chi connectivity index (χ2n) is 6.87. The second kappa shape index (κ2) is 7.30. The van der Waals surface area contributed by atoms with E-state index in [2.05, 4.69) is 10.2 Å². The fourth-order valence-corrected chi connectivity index (χ4v) is 3.16. The van der Waals surface area contributed by atoms with Crippen LogP contribution in [0, 0.1) is 0 Å². The number of hydrogen-bond donors (Lipinski definition) is 0. The van der Waals surface area contributed by atoms with Crippen molar-refractivity contribution in [2.45, 2.75) is 12.5 Å². The minimum atomic E-state index is -0.317. The van der Waals surface area contributed by atoms with Crippen LogP contribution in [-0.2, 0) is 0 Å². The van der Waals surface area contributed by atoms with Gasteiger partial charge in [-0.25, -0.2) is 0 Å². The maximum absolute atomic E-state index is 12.8. The first-order chi connectivity index (χ1) is 13.5. The summed E-state index contributed by atoms with van der Waals surface area (Å²) in [5.41, 5.74) is 0.176. The number of carbonyl (C=O) groups excluding carboxylic acids is 1. The summed E-state index contributed by atoms with van der Waals surface area (Å²) >= 11 is 0. The summed E-state index contributed by atoms with van der Waals surface area (Å²) in [5.74, 6) is 0.881. The lowest BCUT2D eigenvalue weighted by Crippen LogP contribution is -2.31. The molecule has 1 aromatic carbocycles. The summed E-state index contributed by atoms with van der Waals surface area (Å²) in [6, 6.07) is 11.7. The number of hydrogen-bond acceptors (Lipinski definition) is 7. The molecular formula is C20H20N4O4. The summed E-state index contributed by atoms with van der Waals surface area (Å²) in [6.45, 7) is 0.912. The topological polar surface area (TPSA) is 88.8 Å². The second-order valence-corrected chi connectivity index (χ2v) is 6.87. The molecule has 1 aliphatic heterocycles. The van der Waals surface area contributed by atoms with E-state index in [0.29, 0.717) is 36.4 Å². The van der Waals surface area contributed by atoms with Gasteiger partial charge in [0, 0.05) is 39.2 Å². The van der Waals surface area contributed by atoms with Crippen molar-refractivity contribution in [2.24, 2.45) is 0 Å². The van der Waals surface area contributed by atoms with E-state index in [1.54, 1.807) is 35.2 Å². The fourth-order valence-electron chi connectivity index (χ4n) is 3.16. The van der Waals surface area contributed by atoms with E-state index >= 15 is 0 Å². The number of anilines is 1. The quantitative estimate of drug-likeness (QED) is 0.683. The fraction of sp³-hybridized carbons (Fsp3) is 0.300. The molecule has 3 heterocycles. The summed E-state index contributed by atoms with van der Waals surface area (Å²) in [7, 11) is 3.77. The summed E-state index contributed by atoms with van der Waals surface area (Å²) in [4.78, 5) is 28.5. The normalized spacial score (nSPS) is 16.4. The van der Waals surface area contributed by atoms with Gasteiger partial charge in [-0.1, -0.05) is 12.1 Å². The van der Waals surface area contributed by atoms with Crippen LogP contribution in [0.15, 0.2) is 51.7 Å². The van der Waals surface area contributed by atoms with E-state index in [4.69, 9.17) is 9.15 Å². The Hall–Kier alpha value is -3.42. The van der Waals surface area contributed by atoms with Gasteiger partial charge in [-0.05, 0) is 18.2 Å². The number of para-hydroxylation sites is 1. The number of aromatic nitrogens is 2. The van der Waals surface area contributed by atoms with Crippen molar-refractivity contribution in [1.29, 1.82) is 0 Å². The predicted molar refractivity (Wildman–Crippen MR) is 104 cm³/mol. The third-order valence-corrected chi connectivity index (χ3v) is 4.65. The average molecular weight is 380 g/mol. The van der Waals surface area contributed by atoms with Crippen molar-refractivity contribution in [3.8, 4) is 5.88 Å². The Kier molecular flexibility index (Phi) is 4.68. The van der Waals surface area contributed by atoms with Crippen LogP contribution >= 0.6 is 0 Å². The standard InChI is InChI=1S/C20H20N4O4/c1-23(2)18-7-8-19(22-21-18)27-13-9-10-24(12-13)20(26)17-11-15(25)14-5-3-4-6-16(14)28-17/h3-8,11,13H,9-10,12H2,1-2H3/t13-/m1/s1. The Labute approximate surface area is 161 Å². The molecular weight excluding hydrogens is 360 g/mol. The van der Waals surface area contributed by atoms with E-state index in [1.807, 2.05) is 25.1 Å². The van der Waals surface area contributed by atoms with E-state index in [0.717, 1.165) is 5.82 Å². The number of amides is 1. The molecule has 8 heteroatoms. The van der Waals surface area contributed by atoms with Crippen molar-refractivity contribution in [2.75, 3.05) is 32.1 Å². The third kappa shape index (κ3) is 3.53. The molecule has 0 N–H and O–H groups in total. The Morgan fingerprint density at radius 2 is 2.04 bits per heavy atom. The van der Waals surface area contributed by atoms with E-state index < -0.39 is 0 Å². The zero-order chi connectivity index (χ0) is 19.7. The zero-order valence-corrected chi connectivity index (χ0v) is 15.7. The number of ether oxygens (including phenoxy) is 1. The number of fused-ring (bicyclic) bond motifs is 1. The summed E-state index contributed by atoms with van der Waals surface area (Å²) in [6.07, 6.45) is 0.483. The molecule has 0 aliphatic carbocycles. The number of rotatable bonds is 4. The van der Waals surface area contributed by atoms with Crippen LogP contribution in [0.1, 0.15) is 17.0 Å². The van der Waals surface area contributed by atoms with Gasteiger partial charge >= 0.3 is 0 Å². The van der Waals surface area contributed by atoms with Crippen LogP contribution in [0.2, 0.25) is 0 Å². The smallest absolute Gasteiger partial charge is 0.289 e. The molecule has 1 aliphatic rings. The molecule has 28 heavy (non-hydrogen) atoms. The van der Waals surface area contributed by atoms with Gasteiger partial charge in [0.1, 0.15) is 11.7 Å². The third-order valence-electron chi connectivity index (χ3n) is 4.65. The lowest BCUT2D eigenvalue weighted by molar-refractivity contribution is 0.0740. The largest absolute Gasteiger partial charge is 0.471 e. The first-order valence-electron chi connectivity index (χ1n) is 9.01. The highest BCUT2D eigenvalue weighted by Crippen LogP contribution is 2.20. The molecule has 144 valence electrons. The first kappa shape index (κ1) is 18.0. The van der Waals surface area contributed by atoms with Crippen molar-refractivity contribution in [1.82, 2.24) is 15.1 Å². The minimum absolute atomic E-state index is 0.0412. The van der Waals surface area contributed by atoms with Crippen LogP contribution in [0.25, 0.3) is 11.0 Å². The van der Waals surface area contributed by atoms with Crippen LogP contribution in [0.3, 0.4) is 0 Å². The lowest BCUT2D eigenvalue weighted by atomic mass is 10.2. The molecule has 3 aromatic rings. The molecule has 2 aromatic heterocycles. The predicted octanol–water partition coefficient (Wildman–Crippen LogP) is 1.94. The highest BCUT2D eigenvalue weighted by molar-refractivity contribution is 5.93. The molecule has 1 saturated heterocycles. The van der Waals surface area contributed by atoms with Gasteiger partial charge in [0.15, 0.2) is 17.0 Å². The highest BCUT2D eigenvalue weighted by atomic mass is 16.5. The van der Waals surface area contributed by atoms with Gasteiger partial charge in [-0.15, -0.1) is 10.2 Å². The molecule has 1 amide bonds. The number of benzene rings is 1. The van der Waals surface area contributed by atoms with Crippen LogP contribution in [0.5, 0.6) is 5.88 Å². The molecule has 4 rings (SSSR count). The molecule has 0 saturated carbocycles. The number of nitrogens with zero attached hydrogens (tertiary/aromatic N) is 4. The highest BCUT2D eigenvalue weighted by Gasteiger charge is 2.30. The van der Waals surface area contributed by atoms with Crippen molar-refractivity contribution in [3.05, 3.63) is 58.4 Å². The van der Waals surface area contributed by atoms with Gasteiger partial charge < -0.3 is 19.0 Å². The Morgan fingerprint density at radius 1 is 1.21 bits per heavy atom. The maximum atomic E-state index is 12.8. The van der Waals surface area contributed by atoms with Gasteiger partial charge in [-0.2, -0.15) is 0 Å². The number of likely N-dealkylation sites (tertiary alicyclic amines) is 1. The first-order valence-corrected chi connectivity index (χ1v) is 9.01. The van der Waals surface area contributed by atoms with E-state index in [9.17, 15) is 9.59 Å². The van der Waals surface area contributed by atoms with Crippen molar-refractivity contribution < 1.29 is 13.9 Å². The lowest BCUT2D eigenvalue weighted by Gasteiger charge is -2.16. The molecule has 1 fully saturated rings. The van der Waals surface area contributed by atoms with Crippen LogP contribution in [0.4, 0.5) is 5.82 Å². The molecule has 0 bridgehead atoms. The Morgan fingerprint density at radius 3 is 2.79 bits per heavy atom. The SMILES string of the molecule is CN(C)c1ccc(O[C@@H]2CCN(C(=O)c3cc(=O)c4ccccc4o3)C2)nn1. The average Bonchev–Trinajstić information content (AvgIpc) is 3.16. The Bertz CT molecular complexity index is 1060. The molecule has 0 unspecified atom stereocenters. The summed E-state index contributed by atoms with van der Waals surface area (Å²) < 4.78 is 11.5. The minimum Gasteiger partial charge on any atom is -0.471 e. The van der Waals surface area contributed by atoms with Gasteiger partial charge in [-0.3, -0.25) is 9.59 Å². The maximum Gasteiger partial charge on any atom is 0.289 e. The monoisotopic (exact) mass is 380 g/mol. The van der Waals surface area contributed by atoms with Gasteiger partial charge in [0.25, 0.3) is 5.91 Å². The van der Waals surface area contributed by atoms with E-state index in [1.165, 1.54) is 6.07 Å².